The minimum Gasteiger partial charge on any atom is -0.497 e. The number of aliphatic carboxylic acids is 1. The van der Waals surface area contributed by atoms with Crippen LogP contribution in [-0.4, -0.2) is 44.5 Å². The van der Waals surface area contributed by atoms with Crippen LogP contribution in [0, 0.1) is 18.7 Å². The number of hydrogen-bond donors (Lipinski definition) is 3. The van der Waals surface area contributed by atoms with Gasteiger partial charge in [0.05, 0.1) is 24.0 Å². The first kappa shape index (κ1) is 31.0. The van der Waals surface area contributed by atoms with E-state index in [1.807, 2.05) is 6.92 Å². The van der Waals surface area contributed by atoms with Gasteiger partial charge in [0.2, 0.25) is 0 Å². The monoisotopic (exact) mass is 613 g/mol. The van der Waals surface area contributed by atoms with Crippen LogP contribution >= 0.6 is 0 Å². The van der Waals surface area contributed by atoms with Gasteiger partial charge < -0.3 is 25.6 Å². The first-order valence-corrected chi connectivity index (χ1v) is 14.1. The quantitative estimate of drug-likeness (QED) is 0.186. The van der Waals surface area contributed by atoms with Crippen LogP contribution in [0.1, 0.15) is 29.4 Å². The number of rotatable bonds is 11. The van der Waals surface area contributed by atoms with Gasteiger partial charge in [-0.05, 0) is 61.7 Å². The maximum atomic E-state index is 15.2. The Balaban J connectivity index is 1.41. The molecule has 0 radical (unpaired) electrons. The van der Waals surface area contributed by atoms with E-state index in [0.717, 1.165) is 6.07 Å². The number of hydrogen-bond acceptors (Lipinski definition) is 7. The normalized spacial score (nSPS) is 12.5. The zero-order chi connectivity index (χ0) is 32.2. The number of nitrogens with one attached hydrogen (secondary N) is 1. The number of amides is 1. The molecule has 232 valence electrons. The van der Waals surface area contributed by atoms with Gasteiger partial charge in [0, 0.05) is 35.9 Å². The highest BCUT2D eigenvalue weighted by Crippen LogP contribution is 2.33. The van der Waals surface area contributed by atoms with Crippen molar-refractivity contribution in [2.75, 3.05) is 12.4 Å². The second-order valence-electron chi connectivity index (χ2n) is 10.7. The molecule has 0 aliphatic rings. The number of carboxylic acids is 1. The average molecular weight is 614 g/mol. The number of halogens is 1. The van der Waals surface area contributed by atoms with E-state index in [-0.39, 0.29) is 35.9 Å². The molecule has 0 aliphatic carbocycles. The van der Waals surface area contributed by atoms with Crippen LogP contribution in [-0.2, 0) is 11.3 Å². The number of benzene rings is 3. The lowest BCUT2D eigenvalue weighted by Crippen LogP contribution is -2.33. The van der Waals surface area contributed by atoms with Gasteiger partial charge in [-0.1, -0.05) is 25.1 Å². The highest BCUT2D eigenvalue weighted by Gasteiger charge is 2.26. The maximum Gasteiger partial charge on any atom is 0.320 e. The number of nitrogens with two attached hydrogens (primary N) is 1. The highest BCUT2D eigenvalue weighted by atomic mass is 19.1. The summed E-state index contributed by atoms with van der Waals surface area (Å²) in [5.41, 5.74) is 6.64. The number of para-hydroxylation sites is 1. The van der Waals surface area contributed by atoms with Crippen LogP contribution in [0.4, 0.5) is 10.1 Å². The lowest BCUT2D eigenvalue weighted by atomic mass is 10.0. The zero-order valence-corrected chi connectivity index (χ0v) is 24.9. The van der Waals surface area contributed by atoms with E-state index >= 15 is 4.39 Å². The van der Waals surface area contributed by atoms with Crippen molar-refractivity contribution < 1.29 is 28.6 Å². The highest BCUT2D eigenvalue weighted by molar-refractivity contribution is 6.05. The molecule has 11 nitrogen and oxygen atoms in total. The third kappa shape index (κ3) is 6.55. The molecule has 0 saturated heterocycles. The number of nitrogens with zero attached hydrogens (tertiary/aromatic N) is 3. The van der Waals surface area contributed by atoms with E-state index in [9.17, 15) is 19.5 Å². The number of anilines is 1. The predicted octanol–water partition coefficient (Wildman–Crippen LogP) is 5.13. The summed E-state index contributed by atoms with van der Waals surface area (Å²) < 4.78 is 29.3. The van der Waals surface area contributed by atoms with Crippen molar-refractivity contribution in [3.05, 3.63) is 106 Å². The Bertz CT molecular complexity index is 1940. The fourth-order valence-corrected chi connectivity index (χ4v) is 5.15. The van der Waals surface area contributed by atoms with E-state index in [1.165, 1.54) is 16.8 Å². The fraction of sp³-hybridized carbons (Fsp3) is 0.212. The van der Waals surface area contributed by atoms with E-state index in [2.05, 4.69) is 10.3 Å². The molecule has 5 rings (SSSR count). The first-order chi connectivity index (χ1) is 21.6. The molecular weight excluding hydrogens is 581 g/mol. The minimum atomic E-state index is -1.12. The smallest absolute Gasteiger partial charge is 0.320 e. The molecule has 4 N–H and O–H groups in total. The van der Waals surface area contributed by atoms with Gasteiger partial charge in [0.25, 0.3) is 11.5 Å². The van der Waals surface area contributed by atoms with Crippen molar-refractivity contribution in [2.45, 2.75) is 32.9 Å². The predicted molar refractivity (Wildman–Crippen MR) is 167 cm³/mol. The molecule has 0 aliphatic heterocycles. The van der Waals surface area contributed by atoms with Crippen molar-refractivity contribution >= 4 is 28.5 Å². The Morgan fingerprint density at radius 2 is 1.82 bits per heavy atom. The van der Waals surface area contributed by atoms with Crippen LogP contribution in [0.15, 0.2) is 83.8 Å². The van der Waals surface area contributed by atoms with E-state index < -0.39 is 29.3 Å². The van der Waals surface area contributed by atoms with E-state index in [0.29, 0.717) is 33.8 Å². The Morgan fingerprint density at radius 3 is 2.51 bits per heavy atom. The molecule has 0 spiro atoms. The molecule has 1 amide bonds. The zero-order valence-electron chi connectivity index (χ0n) is 24.9. The van der Waals surface area contributed by atoms with Crippen LogP contribution < -0.4 is 26.1 Å². The average Bonchev–Trinajstić information content (AvgIpc) is 3.26. The van der Waals surface area contributed by atoms with Gasteiger partial charge in [0.15, 0.2) is 11.6 Å². The Morgan fingerprint density at radius 1 is 1.07 bits per heavy atom. The summed E-state index contributed by atoms with van der Waals surface area (Å²) >= 11 is 0. The second-order valence-corrected chi connectivity index (χ2v) is 10.7. The standard InChI is InChI=1S/C33H32FN5O6/c1-19(15-26(35)33(42)43)18-38-20(2)30(32(41)39(38)22-7-5-4-6-8-22)31(40)37-21-9-12-29(25(34)16-21)45-28-13-14-36-27-17-23(44-3)10-11-24(27)28/h4-14,16-17,19,26H,15,18,35H2,1-3H3,(H,37,40)(H,42,43)/t19-,26?/m1/s1. The lowest BCUT2D eigenvalue weighted by Gasteiger charge is -2.19. The van der Waals surface area contributed by atoms with Crippen LogP contribution in [0.5, 0.6) is 17.2 Å². The Labute approximate surface area is 257 Å². The van der Waals surface area contributed by atoms with Crippen LogP contribution in [0.2, 0.25) is 0 Å². The van der Waals surface area contributed by atoms with Crippen LogP contribution in [0.25, 0.3) is 16.6 Å². The minimum absolute atomic E-state index is 0.0707. The number of carboxylic acid groups (broad SMARTS) is 1. The van der Waals surface area contributed by atoms with Gasteiger partial charge in [-0.2, -0.15) is 0 Å². The summed E-state index contributed by atoms with van der Waals surface area (Å²) in [6, 6.07) is 18.5. The molecule has 12 heteroatoms. The number of methoxy groups -OCH3 is 1. The van der Waals surface area contributed by atoms with Crippen molar-refractivity contribution in [1.29, 1.82) is 0 Å². The van der Waals surface area contributed by atoms with E-state index in [1.54, 1.807) is 79.5 Å². The van der Waals surface area contributed by atoms with Gasteiger partial charge in [-0.3, -0.25) is 24.0 Å². The molecule has 3 aromatic carbocycles. The number of fused-ring (bicyclic) bond motifs is 1. The summed E-state index contributed by atoms with van der Waals surface area (Å²) in [5.74, 6) is -1.88. The molecular formula is C33H32FN5O6. The number of aromatic nitrogens is 3. The summed E-state index contributed by atoms with van der Waals surface area (Å²) in [6.07, 6.45) is 1.70. The van der Waals surface area contributed by atoms with Crippen LogP contribution in [0.3, 0.4) is 0 Å². The Hall–Kier alpha value is -5.49. The van der Waals surface area contributed by atoms with Crippen molar-refractivity contribution in [3.63, 3.8) is 0 Å². The Kier molecular flexibility index (Phi) is 8.96. The van der Waals surface area contributed by atoms with Gasteiger partial charge in [-0.25, -0.2) is 9.07 Å². The molecule has 45 heavy (non-hydrogen) atoms. The largest absolute Gasteiger partial charge is 0.497 e. The van der Waals surface area contributed by atoms with Crippen molar-refractivity contribution in [3.8, 4) is 22.9 Å². The maximum absolute atomic E-state index is 15.2. The number of ether oxygens (including phenoxy) is 2. The fourth-order valence-electron chi connectivity index (χ4n) is 5.15. The summed E-state index contributed by atoms with van der Waals surface area (Å²) in [6.45, 7) is 3.67. The number of pyridine rings is 1. The van der Waals surface area contributed by atoms with Crippen molar-refractivity contribution in [2.24, 2.45) is 11.7 Å². The third-order valence-electron chi connectivity index (χ3n) is 7.40. The second kappa shape index (κ2) is 13.0. The van der Waals surface area contributed by atoms with Gasteiger partial charge in [-0.15, -0.1) is 0 Å². The number of carbonyl (C=O) groups excluding carboxylic acids is 1. The summed E-state index contributed by atoms with van der Waals surface area (Å²) in [5, 5.41) is 12.5. The van der Waals surface area contributed by atoms with Crippen molar-refractivity contribution in [1.82, 2.24) is 14.3 Å². The molecule has 2 atom stereocenters. The lowest BCUT2D eigenvalue weighted by molar-refractivity contribution is -0.138. The number of carbonyl (C=O) groups is 2. The molecule has 0 bridgehead atoms. The first-order valence-electron chi connectivity index (χ1n) is 14.1. The third-order valence-corrected chi connectivity index (χ3v) is 7.40. The molecule has 1 unspecified atom stereocenters. The molecule has 2 aromatic heterocycles. The molecule has 2 heterocycles. The van der Waals surface area contributed by atoms with E-state index in [4.69, 9.17) is 15.2 Å². The molecule has 0 fully saturated rings. The molecule has 0 saturated carbocycles. The molecule has 5 aromatic rings. The van der Waals surface area contributed by atoms with Gasteiger partial charge in [0.1, 0.15) is 23.1 Å². The SMILES string of the molecule is COc1ccc2c(Oc3ccc(NC(=O)c4c(C)n(C[C@H](C)CC(N)C(=O)O)n(-c5ccccc5)c4=O)cc3F)ccnc2c1. The summed E-state index contributed by atoms with van der Waals surface area (Å²) in [7, 11) is 1.55. The summed E-state index contributed by atoms with van der Waals surface area (Å²) in [4.78, 5) is 42.8. The topological polar surface area (TPSA) is 151 Å². The van der Waals surface area contributed by atoms with Gasteiger partial charge >= 0.3 is 5.97 Å².